The summed E-state index contributed by atoms with van der Waals surface area (Å²) in [5, 5.41) is 4.79. The Labute approximate surface area is 332 Å². The predicted octanol–water partition coefficient (Wildman–Crippen LogP) is 6.68. The van der Waals surface area contributed by atoms with Gasteiger partial charge in [-0.15, -0.1) is 0 Å². The number of hydrazine groups is 1. The van der Waals surface area contributed by atoms with E-state index in [1.807, 2.05) is 58.0 Å². The van der Waals surface area contributed by atoms with Crippen LogP contribution in [0.1, 0.15) is 92.5 Å². The van der Waals surface area contributed by atoms with Gasteiger partial charge in [-0.2, -0.15) is 0 Å². The van der Waals surface area contributed by atoms with Crippen LogP contribution < -0.4 is 10.7 Å². The Balaban J connectivity index is 1.65. The van der Waals surface area contributed by atoms with E-state index in [1.165, 1.54) is 16.8 Å². The van der Waals surface area contributed by atoms with Crippen LogP contribution in [-0.2, 0) is 33.4 Å². The van der Waals surface area contributed by atoms with Gasteiger partial charge in [0.25, 0.3) is 11.8 Å². The number of fused-ring (bicyclic) bond motifs is 1. The zero-order chi connectivity index (χ0) is 40.8. The van der Waals surface area contributed by atoms with Crippen LogP contribution in [0.3, 0.4) is 0 Å². The molecule has 0 bridgehead atoms. The van der Waals surface area contributed by atoms with Crippen molar-refractivity contribution in [2.75, 3.05) is 20.2 Å². The highest BCUT2D eigenvalue weighted by Gasteiger charge is 2.37. The van der Waals surface area contributed by atoms with Crippen LogP contribution in [0.15, 0.2) is 36.4 Å². The van der Waals surface area contributed by atoms with E-state index in [0.29, 0.717) is 24.1 Å². The molecule has 16 heteroatoms. The van der Waals surface area contributed by atoms with Crippen molar-refractivity contribution in [2.24, 2.45) is 11.3 Å². The first-order chi connectivity index (χ1) is 24.9. The number of pyridine rings is 1. The van der Waals surface area contributed by atoms with Crippen molar-refractivity contribution >= 4 is 81.6 Å². The van der Waals surface area contributed by atoms with Crippen LogP contribution in [0.25, 0.3) is 17.0 Å². The Hall–Kier alpha value is -3.65. The fourth-order valence-corrected chi connectivity index (χ4v) is 5.43. The molecular formula is C38H52Cl3N5O8. The zero-order valence-corrected chi connectivity index (χ0v) is 34.8. The van der Waals surface area contributed by atoms with E-state index < -0.39 is 75.4 Å². The van der Waals surface area contributed by atoms with Gasteiger partial charge in [-0.3, -0.25) is 29.2 Å². The molecule has 4 atom stereocenters. The van der Waals surface area contributed by atoms with E-state index in [1.54, 1.807) is 46.9 Å². The number of benzene rings is 1. The molecular weight excluding hydrogens is 761 g/mol. The molecule has 0 aliphatic carbocycles. The number of alkyl halides is 3. The fraction of sp³-hybridized carbons (Fsp3) is 0.579. The SMILES string of the molecule is CC(C)[C@H](OC(=O)C(C)(C)C=Cc1ccc2ccc([C@@H](C)N(C)C(=O)OC(C)(C)C)nc2c1)C(=O)N[C@@H](C)C(=O)N1CCC[C@@H](C(=O)OCC(Cl)(Cl)Cl)N1. The number of hydrogen-bond acceptors (Lipinski definition) is 10. The van der Waals surface area contributed by atoms with Gasteiger partial charge in [-0.05, 0) is 84.9 Å². The lowest BCUT2D eigenvalue weighted by Crippen LogP contribution is -2.60. The number of nitrogens with one attached hydrogen (secondary N) is 2. The summed E-state index contributed by atoms with van der Waals surface area (Å²) in [7, 11) is 1.67. The van der Waals surface area contributed by atoms with Crippen molar-refractivity contribution in [2.45, 2.75) is 109 Å². The van der Waals surface area contributed by atoms with E-state index >= 15 is 0 Å². The number of halogens is 3. The lowest BCUT2D eigenvalue weighted by Gasteiger charge is -2.34. The van der Waals surface area contributed by atoms with Gasteiger partial charge in [-0.1, -0.05) is 79.0 Å². The molecule has 1 aliphatic heterocycles. The summed E-state index contributed by atoms with van der Waals surface area (Å²) < 4.78 is 14.5. The monoisotopic (exact) mass is 811 g/mol. The molecule has 3 rings (SSSR count). The van der Waals surface area contributed by atoms with E-state index in [0.717, 1.165) is 10.9 Å². The second kappa shape index (κ2) is 18.3. The summed E-state index contributed by atoms with van der Waals surface area (Å²) in [4.78, 5) is 71.5. The Morgan fingerprint density at radius 2 is 1.69 bits per heavy atom. The maximum absolute atomic E-state index is 13.5. The number of nitrogens with zero attached hydrogens (tertiary/aromatic N) is 3. The average Bonchev–Trinajstić information content (AvgIpc) is 3.09. The maximum Gasteiger partial charge on any atom is 0.410 e. The molecule has 1 aliphatic rings. The molecule has 2 aromatic rings. The molecule has 0 saturated carbocycles. The standard InChI is InChI=1S/C38H52Cl3N5O8/c1-22(2)30(31(47)42-23(3)32(48)46-19-11-12-28(44-46)33(49)52-21-38(39,40)41)53-34(50)37(8,9)18-17-25-13-14-26-15-16-27(43-29(26)20-25)24(4)45(10)35(51)54-36(5,6)7/h13-18,20,22-24,28,30,44H,11-12,19,21H2,1-10H3,(H,42,47)/t23-,24+,28-,30-/m0/s1. The van der Waals surface area contributed by atoms with Gasteiger partial charge >= 0.3 is 18.0 Å². The first-order valence-electron chi connectivity index (χ1n) is 17.8. The molecule has 0 radical (unpaired) electrons. The quantitative estimate of drug-likeness (QED) is 0.135. The highest BCUT2D eigenvalue weighted by molar-refractivity contribution is 6.67. The molecule has 13 nitrogen and oxygen atoms in total. The van der Waals surface area contributed by atoms with E-state index in [4.69, 9.17) is 54.0 Å². The highest BCUT2D eigenvalue weighted by atomic mass is 35.6. The van der Waals surface area contributed by atoms with Gasteiger partial charge in [0.1, 0.15) is 24.3 Å². The minimum atomic E-state index is -1.77. The molecule has 0 unspecified atom stereocenters. The second-order valence-corrected chi connectivity index (χ2v) is 17.9. The van der Waals surface area contributed by atoms with Crippen molar-refractivity contribution in [1.29, 1.82) is 0 Å². The van der Waals surface area contributed by atoms with Crippen molar-refractivity contribution < 1.29 is 38.2 Å². The Morgan fingerprint density at radius 3 is 2.30 bits per heavy atom. The van der Waals surface area contributed by atoms with Gasteiger partial charge in [0.15, 0.2) is 6.10 Å². The van der Waals surface area contributed by atoms with Crippen LogP contribution >= 0.6 is 34.8 Å². The molecule has 2 heterocycles. The smallest absolute Gasteiger partial charge is 0.410 e. The summed E-state index contributed by atoms with van der Waals surface area (Å²) in [6, 6.07) is 7.29. The normalized spacial score (nSPS) is 17.1. The number of esters is 2. The number of carbonyl (C=O) groups excluding carboxylic acids is 5. The van der Waals surface area contributed by atoms with Gasteiger partial charge < -0.3 is 24.4 Å². The number of ether oxygens (including phenoxy) is 3. The number of hydrogen-bond donors (Lipinski definition) is 2. The number of aromatic nitrogens is 1. The van der Waals surface area contributed by atoms with Crippen molar-refractivity contribution in [3.63, 3.8) is 0 Å². The molecule has 1 aromatic carbocycles. The van der Waals surface area contributed by atoms with Crippen molar-refractivity contribution in [3.05, 3.63) is 47.7 Å². The van der Waals surface area contributed by atoms with Crippen molar-refractivity contribution in [3.8, 4) is 0 Å². The molecule has 54 heavy (non-hydrogen) atoms. The summed E-state index contributed by atoms with van der Waals surface area (Å²) in [6.07, 6.45) is 2.72. The molecule has 298 valence electrons. The maximum atomic E-state index is 13.5. The van der Waals surface area contributed by atoms with E-state index in [2.05, 4.69) is 10.7 Å². The third-order valence-corrected chi connectivity index (χ3v) is 8.92. The number of rotatable bonds is 12. The van der Waals surface area contributed by atoms with Crippen molar-refractivity contribution in [1.82, 2.24) is 25.6 Å². The lowest BCUT2D eigenvalue weighted by atomic mass is 9.92. The van der Waals surface area contributed by atoms with Crippen LogP contribution in [0.5, 0.6) is 0 Å². The van der Waals surface area contributed by atoms with Gasteiger partial charge in [0.2, 0.25) is 3.79 Å². The molecule has 2 N–H and O–H groups in total. The molecule has 1 aromatic heterocycles. The van der Waals surface area contributed by atoms with Crippen LogP contribution in [0.4, 0.5) is 4.79 Å². The predicted molar refractivity (Wildman–Crippen MR) is 208 cm³/mol. The first kappa shape index (κ1) is 44.7. The Bertz CT molecular complexity index is 1720. The van der Waals surface area contributed by atoms with E-state index in [-0.39, 0.29) is 12.6 Å². The van der Waals surface area contributed by atoms with E-state index in [9.17, 15) is 24.0 Å². The summed E-state index contributed by atoms with van der Waals surface area (Å²) in [6.45, 7) is 15.5. The number of amides is 3. The third kappa shape index (κ3) is 13.0. The van der Waals surface area contributed by atoms with Gasteiger partial charge in [0, 0.05) is 19.0 Å². The molecule has 1 saturated heterocycles. The highest BCUT2D eigenvalue weighted by Crippen LogP contribution is 2.28. The third-order valence-electron chi connectivity index (χ3n) is 8.59. The summed E-state index contributed by atoms with van der Waals surface area (Å²) in [5.41, 5.74) is 3.22. The van der Waals surface area contributed by atoms with Crippen LogP contribution in [0.2, 0.25) is 0 Å². The topological polar surface area (TPSA) is 156 Å². The zero-order valence-electron chi connectivity index (χ0n) is 32.5. The largest absolute Gasteiger partial charge is 0.460 e. The second-order valence-electron chi connectivity index (χ2n) is 15.3. The van der Waals surface area contributed by atoms with Gasteiger partial charge in [-0.25, -0.2) is 10.2 Å². The number of carbonyl (C=O) groups is 5. The van der Waals surface area contributed by atoms with Crippen LogP contribution in [-0.4, -0.2) is 92.5 Å². The Morgan fingerprint density at radius 1 is 1.04 bits per heavy atom. The minimum Gasteiger partial charge on any atom is -0.460 e. The lowest BCUT2D eigenvalue weighted by molar-refractivity contribution is -0.165. The van der Waals surface area contributed by atoms with Gasteiger partial charge in [0.05, 0.1) is 22.7 Å². The minimum absolute atomic E-state index is 0.287. The summed E-state index contributed by atoms with van der Waals surface area (Å²) >= 11 is 17.0. The molecule has 1 fully saturated rings. The summed E-state index contributed by atoms with van der Waals surface area (Å²) in [5.74, 6) is -2.88. The first-order valence-corrected chi connectivity index (χ1v) is 18.9. The molecule has 3 amide bonds. The fourth-order valence-electron chi connectivity index (χ4n) is 5.27. The van der Waals surface area contributed by atoms with Crippen LogP contribution in [0, 0.1) is 11.3 Å². The average molecular weight is 813 g/mol. The molecule has 0 spiro atoms. The Kier molecular flexibility index (Phi) is 15.2.